The maximum atomic E-state index is 11.9. The van der Waals surface area contributed by atoms with Crippen LogP contribution in [0.3, 0.4) is 0 Å². The minimum Gasteiger partial charge on any atom is -0.497 e. The van der Waals surface area contributed by atoms with Crippen molar-refractivity contribution < 1.29 is 19.1 Å². The fourth-order valence-corrected chi connectivity index (χ4v) is 1.83. The summed E-state index contributed by atoms with van der Waals surface area (Å²) in [7, 11) is 1.54. The first-order valence-electron chi connectivity index (χ1n) is 6.60. The minimum absolute atomic E-state index is 0.185. The Bertz CT molecular complexity index is 602. The van der Waals surface area contributed by atoms with Gasteiger partial charge in [0.2, 0.25) is 0 Å². The van der Waals surface area contributed by atoms with Gasteiger partial charge in [-0.1, -0.05) is 30.3 Å². The van der Waals surface area contributed by atoms with Gasteiger partial charge in [-0.05, 0) is 29.8 Å². The summed E-state index contributed by atoms with van der Waals surface area (Å²) in [6.45, 7) is 0.185. The van der Waals surface area contributed by atoms with Crippen LogP contribution in [0.5, 0.6) is 5.75 Å². The molecule has 0 fully saturated rings. The molecule has 0 spiro atoms. The van der Waals surface area contributed by atoms with Gasteiger partial charge in [-0.3, -0.25) is 4.79 Å². The predicted molar refractivity (Wildman–Crippen MR) is 78.4 cm³/mol. The molecule has 0 aliphatic heterocycles. The molecule has 0 amide bonds. The van der Waals surface area contributed by atoms with Gasteiger partial charge in [0.15, 0.2) is 0 Å². The number of carbonyl (C=O) groups is 2. The van der Waals surface area contributed by atoms with E-state index < -0.39 is 11.8 Å². The maximum Gasteiger partial charge on any atom is 0.379 e. The maximum absolute atomic E-state index is 11.9. The summed E-state index contributed by atoms with van der Waals surface area (Å²) in [5, 5.41) is 0. The molecule has 0 aromatic heterocycles. The first kappa shape index (κ1) is 14.8. The summed E-state index contributed by atoms with van der Waals surface area (Å²) in [6, 6.07) is 16.0. The van der Waals surface area contributed by atoms with Crippen molar-refractivity contribution in [3.8, 4) is 5.75 Å². The first-order chi connectivity index (χ1) is 10.2. The lowest BCUT2D eigenvalue weighted by molar-refractivity contribution is -0.138. The number of methoxy groups -OCH3 is 1. The zero-order valence-corrected chi connectivity index (χ0v) is 11.7. The van der Waals surface area contributed by atoms with Gasteiger partial charge in [-0.2, -0.15) is 0 Å². The smallest absolute Gasteiger partial charge is 0.379 e. The monoisotopic (exact) mass is 284 g/mol. The third kappa shape index (κ3) is 4.18. The van der Waals surface area contributed by atoms with Gasteiger partial charge in [0.1, 0.15) is 5.75 Å². The Morgan fingerprint density at radius 2 is 1.62 bits per heavy atom. The molecule has 0 aliphatic carbocycles. The van der Waals surface area contributed by atoms with Gasteiger partial charge in [0, 0.05) is 12.0 Å². The second kappa shape index (κ2) is 7.24. The fraction of sp³-hybridized carbons (Fsp3) is 0.176. The van der Waals surface area contributed by atoms with Crippen LogP contribution in [-0.2, 0) is 16.0 Å². The van der Waals surface area contributed by atoms with Gasteiger partial charge >= 0.3 is 5.97 Å². The molecule has 2 aromatic carbocycles. The van der Waals surface area contributed by atoms with E-state index in [2.05, 4.69) is 0 Å². The third-order valence-electron chi connectivity index (χ3n) is 3.00. The molecule has 108 valence electrons. The van der Waals surface area contributed by atoms with Crippen LogP contribution in [-0.4, -0.2) is 25.5 Å². The van der Waals surface area contributed by atoms with Crippen LogP contribution in [0, 0.1) is 0 Å². The molecule has 0 saturated heterocycles. The van der Waals surface area contributed by atoms with E-state index >= 15 is 0 Å². The van der Waals surface area contributed by atoms with Crippen molar-refractivity contribution in [2.75, 3.05) is 13.7 Å². The first-order valence-corrected chi connectivity index (χ1v) is 6.60. The molecular weight excluding hydrogens is 268 g/mol. The number of ether oxygens (including phenoxy) is 2. The quantitative estimate of drug-likeness (QED) is 0.465. The van der Waals surface area contributed by atoms with Crippen LogP contribution in [0.25, 0.3) is 0 Å². The molecular formula is C17H16O4. The molecule has 0 unspecified atom stereocenters. The van der Waals surface area contributed by atoms with Gasteiger partial charge in [-0.25, -0.2) is 4.79 Å². The van der Waals surface area contributed by atoms with Crippen LogP contribution < -0.4 is 4.74 Å². The summed E-state index contributed by atoms with van der Waals surface area (Å²) in [6.07, 6.45) is 0.586. The molecule has 2 aromatic rings. The standard InChI is InChI=1S/C17H16O4/c1-20-15-9-7-14(8-10-15)16(18)17(19)21-12-11-13-5-3-2-4-6-13/h2-10H,11-12H2,1H3. The highest BCUT2D eigenvalue weighted by molar-refractivity contribution is 6.40. The Balaban J connectivity index is 1.86. The number of Topliss-reactive ketones (excluding diaryl/α,β-unsaturated/α-hetero) is 1. The SMILES string of the molecule is COc1ccc(C(=O)C(=O)OCCc2ccccc2)cc1. The molecule has 0 heterocycles. The van der Waals surface area contributed by atoms with Crippen LogP contribution in [0.2, 0.25) is 0 Å². The number of hydrogen-bond acceptors (Lipinski definition) is 4. The van der Waals surface area contributed by atoms with Crippen molar-refractivity contribution in [1.29, 1.82) is 0 Å². The molecule has 0 radical (unpaired) electrons. The molecule has 21 heavy (non-hydrogen) atoms. The molecule has 4 nitrogen and oxygen atoms in total. The number of rotatable bonds is 6. The van der Waals surface area contributed by atoms with Crippen LogP contribution in [0.1, 0.15) is 15.9 Å². The van der Waals surface area contributed by atoms with Crippen LogP contribution >= 0.6 is 0 Å². The van der Waals surface area contributed by atoms with E-state index in [9.17, 15) is 9.59 Å². The number of hydrogen-bond donors (Lipinski definition) is 0. The number of carbonyl (C=O) groups excluding carboxylic acids is 2. The van der Waals surface area contributed by atoms with Crippen molar-refractivity contribution in [2.24, 2.45) is 0 Å². The Kier molecular flexibility index (Phi) is 5.10. The van der Waals surface area contributed by atoms with Crippen molar-refractivity contribution in [2.45, 2.75) is 6.42 Å². The average molecular weight is 284 g/mol. The lowest BCUT2D eigenvalue weighted by Crippen LogP contribution is -2.18. The molecule has 0 N–H and O–H groups in total. The van der Waals surface area contributed by atoms with Crippen molar-refractivity contribution in [3.63, 3.8) is 0 Å². The van der Waals surface area contributed by atoms with Crippen molar-refractivity contribution in [1.82, 2.24) is 0 Å². The number of ketones is 1. The normalized spacial score (nSPS) is 9.95. The summed E-state index contributed by atoms with van der Waals surface area (Å²) in [5.41, 5.74) is 1.35. The van der Waals surface area contributed by atoms with Gasteiger partial charge in [-0.15, -0.1) is 0 Å². The topological polar surface area (TPSA) is 52.6 Å². The highest BCUT2D eigenvalue weighted by Gasteiger charge is 2.17. The van der Waals surface area contributed by atoms with Gasteiger partial charge < -0.3 is 9.47 Å². The summed E-state index contributed by atoms with van der Waals surface area (Å²) in [5.74, 6) is -0.856. The van der Waals surface area contributed by atoms with Crippen LogP contribution in [0.4, 0.5) is 0 Å². The Labute approximate surface area is 123 Å². The molecule has 2 rings (SSSR count). The lowest BCUT2D eigenvalue weighted by Gasteiger charge is -2.05. The van der Waals surface area contributed by atoms with Crippen molar-refractivity contribution >= 4 is 11.8 Å². The van der Waals surface area contributed by atoms with E-state index in [-0.39, 0.29) is 6.61 Å². The zero-order valence-electron chi connectivity index (χ0n) is 11.7. The van der Waals surface area contributed by atoms with E-state index in [1.54, 1.807) is 24.3 Å². The van der Waals surface area contributed by atoms with Gasteiger partial charge in [0.05, 0.1) is 13.7 Å². The number of esters is 1. The largest absolute Gasteiger partial charge is 0.497 e. The predicted octanol–water partition coefficient (Wildman–Crippen LogP) is 2.66. The Hall–Kier alpha value is -2.62. The lowest BCUT2D eigenvalue weighted by atomic mass is 10.1. The summed E-state index contributed by atoms with van der Waals surface area (Å²) in [4.78, 5) is 23.6. The summed E-state index contributed by atoms with van der Waals surface area (Å²) < 4.78 is 9.99. The van der Waals surface area contributed by atoms with E-state index in [0.717, 1.165) is 5.56 Å². The Morgan fingerprint density at radius 3 is 2.24 bits per heavy atom. The fourth-order valence-electron chi connectivity index (χ4n) is 1.83. The van der Waals surface area contributed by atoms with E-state index in [1.165, 1.54) is 7.11 Å². The van der Waals surface area contributed by atoms with E-state index in [0.29, 0.717) is 17.7 Å². The zero-order chi connectivity index (χ0) is 15.1. The molecule has 4 heteroatoms. The molecule has 0 aliphatic rings. The molecule has 0 bridgehead atoms. The average Bonchev–Trinajstić information content (AvgIpc) is 2.55. The van der Waals surface area contributed by atoms with Crippen molar-refractivity contribution in [3.05, 3.63) is 65.7 Å². The van der Waals surface area contributed by atoms with Crippen LogP contribution in [0.15, 0.2) is 54.6 Å². The highest BCUT2D eigenvalue weighted by atomic mass is 16.5. The van der Waals surface area contributed by atoms with Gasteiger partial charge in [0.25, 0.3) is 5.78 Å². The van der Waals surface area contributed by atoms with E-state index in [1.807, 2.05) is 30.3 Å². The Morgan fingerprint density at radius 1 is 0.952 bits per heavy atom. The molecule has 0 saturated carbocycles. The van der Waals surface area contributed by atoms with E-state index in [4.69, 9.17) is 9.47 Å². The third-order valence-corrected chi connectivity index (χ3v) is 3.00. The minimum atomic E-state index is -0.837. The summed E-state index contributed by atoms with van der Waals surface area (Å²) >= 11 is 0. The second-order valence-corrected chi connectivity index (χ2v) is 4.43. The second-order valence-electron chi connectivity index (χ2n) is 4.43. The highest BCUT2D eigenvalue weighted by Crippen LogP contribution is 2.12. The number of benzene rings is 2. The molecule has 0 atom stereocenters.